The molecule has 0 aliphatic rings. The molecule has 0 radical (unpaired) electrons. The van der Waals surface area contributed by atoms with Crippen molar-refractivity contribution in [2.24, 2.45) is 5.16 Å². The van der Waals surface area contributed by atoms with Crippen molar-refractivity contribution < 1.29 is 9.60 Å². The molecule has 0 aliphatic heterocycles. The van der Waals surface area contributed by atoms with Gasteiger partial charge in [-0.25, -0.2) is 14.4 Å². The molecule has 0 saturated heterocycles. The van der Waals surface area contributed by atoms with E-state index in [0.717, 1.165) is 12.4 Å². The molecule has 0 atom stereocenters. The molecule has 4 nitrogen and oxygen atoms in total. The first-order chi connectivity index (χ1) is 5.24. The van der Waals surface area contributed by atoms with Gasteiger partial charge < -0.3 is 5.21 Å². The fourth-order valence-electron chi connectivity index (χ4n) is 0.464. The summed E-state index contributed by atoms with van der Waals surface area (Å²) in [5.41, 5.74) is 0. The number of hydrogen-bond acceptors (Lipinski definition) is 4. The first-order valence-electron chi connectivity index (χ1n) is 2.59. The van der Waals surface area contributed by atoms with Gasteiger partial charge in [0.25, 0.3) is 0 Å². The van der Waals surface area contributed by atoms with Crippen molar-refractivity contribution in [2.75, 3.05) is 0 Å². The van der Waals surface area contributed by atoms with E-state index in [9.17, 15) is 4.39 Å². The van der Waals surface area contributed by atoms with Crippen LogP contribution in [0.1, 0.15) is 5.82 Å². The SMILES string of the molecule is O/N=C(\Cl)c1ncc(F)cn1. The first kappa shape index (κ1) is 7.87. The Morgan fingerprint density at radius 1 is 1.55 bits per heavy atom. The molecule has 1 heterocycles. The third-order valence-electron chi connectivity index (χ3n) is 0.893. The normalized spacial score (nSPS) is 11.6. The van der Waals surface area contributed by atoms with Crippen molar-refractivity contribution >= 4 is 16.8 Å². The number of nitrogens with zero attached hydrogens (tertiary/aromatic N) is 3. The summed E-state index contributed by atoms with van der Waals surface area (Å²) in [7, 11) is 0. The molecule has 11 heavy (non-hydrogen) atoms. The predicted molar refractivity (Wildman–Crippen MR) is 36.2 cm³/mol. The van der Waals surface area contributed by atoms with Gasteiger partial charge in [0.2, 0.25) is 5.17 Å². The molecule has 1 rings (SSSR count). The van der Waals surface area contributed by atoms with E-state index in [1.165, 1.54) is 0 Å². The van der Waals surface area contributed by atoms with Crippen LogP contribution in [0.15, 0.2) is 17.5 Å². The van der Waals surface area contributed by atoms with Crippen molar-refractivity contribution in [3.8, 4) is 0 Å². The monoisotopic (exact) mass is 175 g/mol. The van der Waals surface area contributed by atoms with Crippen molar-refractivity contribution in [3.63, 3.8) is 0 Å². The van der Waals surface area contributed by atoms with Crippen LogP contribution < -0.4 is 0 Å². The third kappa shape index (κ3) is 1.84. The van der Waals surface area contributed by atoms with Gasteiger partial charge in [0.1, 0.15) is 0 Å². The van der Waals surface area contributed by atoms with Gasteiger partial charge in [-0.05, 0) is 0 Å². The third-order valence-corrected chi connectivity index (χ3v) is 1.14. The molecular weight excluding hydrogens is 173 g/mol. The lowest BCUT2D eigenvalue weighted by Crippen LogP contribution is -1.99. The van der Waals surface area contributed by atoms with Crippen LogP contribution in [-0.2, 0) is 0 Å². The Morgan fingerprint density at radius 2 is 2.09 bits per heavy atom. The summed E-state index contributed by atoms with van der Waals surface area (Å²) < 4.78 is 12.2. The second kappa shape index (κ2) is 3.25. The maximum absolute atomic E-state index is 12.2. The zero-order chi connectivity index (χ0) is 8.27. The Kier molecular flexibility index (Phi) is 2.32. The molecule has 1 N–H and O–H groups in total. The molecule has 58 valence electrons. The summed E-state index contributed by atoms with van der Waals surface area (Å²) >= 11 is 5.30. The average molecular weight is 176 g/mol. The molecule has 0 aliphatic carbocycles. The summed E-state index contributed by atoms with van der Waals surface area (Å²) in [6.45, 7) is 0. The molecule has 0 saturated carbocycles. The first-order valence-corrected chi connectivity index (χ1v) is 2.97. The summed E-state index contributed by atoms with van der Waals surface area (Å²) in [6.07, 6.45) is 1.85. The summed E-state index contributed by atoms with van der Waals surface area (Å²) in [6, 6.07) is 0. The minimum atomic E-state index is -0.573. The molecule has 0 spiro atoms. The van der Waals surface area contributed by atoms with Gasteiger partial charge in [0.05, 0.1) is 12.4 Å². The number of hydrogen-bond donors (Lipinski definition) is 1. The highest BCUT2D eigenvalue weighted by molar-refractivity contribution is 6.68. The standard InChI is InChI=1S/C5H3ClFN3O/c6-4(10-11)5-8-1-3(7)2-9-5/h1-2,11H/b10-4-. The van der Waals surface area contributed by atoms with Gasteiger partial charge in [-0.15, -0.1) is 0 Å². The van der Waals surface area contributed by atoms with E-state index in [1.807, 2.05) is 0 Å². The van der Waals surface area contributed by atoms with E-state index in [4.69, 9.17) is 16.8 Å². The van der Waals surface area contributed by atoms with Crippen LogP contribution in [0.4, 0.5) is 4.39 Å². The van der Waals surface area contributed by atoms with Crippen LogP contribution in [0.25, 0.3) is 0 Å². The summed E-state index contributed by atoms with van der Waals surface area (Å²) in [5.74, 6) is -0.591. The molecule has 0 bridgehead atoms. The lowest BCUT2D eigenvalue weighted by atomic mass is 10.6. The van der Waals surface area contributed by atoms with E-state index in [0.29, 0.717) is 0 Å². The lowest BCUT2D eigenvalue weighted by Gasteiger charge is -1.91. The molecule has 0 aromatic carbocycles. The topological polar surface area (TPSA) is 58.4 Å². The number of rotatable bonds is 1. The predicted octanol–water partition coefficient (Wildman–Crippen LogP) is 0.990. The number of aromatic nitrogens is 2. The van der Waals surface area contributed by atoms with Gasteiger partial charge in [-0.2, -0.15) is 0 Å². The molecule has 0 amide bonds. The Labute approximate surface area is 66.3 Å². The van der Waals surface area contributed by atoms with Crippen molar-refractivity contribution in [3.05, 3.63) is 24.0 Å². The summed E-state index contributed by atoms with van der Waals surface area (Å²) in [5, 5.41) is 10.5. The Bertz CT molecular complexity index is 274. The summed E-state index contributed by atoms with van der Waals surface area (Å²) in [4.78, 5) is 6.88. The van der Waals surface area contributed by atoms with Crippen molar-refractivity contribution in [2.45, 2.75) is 0 Å². The highest BCUT2D eigenvalue weighted by Gasteiger charge is 2.02. The Balaban J connectivity index is 2.99. The van der Waals surface area contributed by atoms with Crippen LogP contribution in [0.3, 0.4) is 0 Å². The minimum Gasteiger partial charge on any atom is -0.410 e. The minimum absolute atomic E-state index is 0.0180. The van der Waals surface area contributed by atoms with Gasteiger partial charge in [0.15, 0.2) is 11.6 Å². The molecule has 1 aromatic heterocycles. The lowest BCUT2D eigenvalue weighted by molar-refractivity contribution is 0.320. The van der Waals surface area contributed by atoms with Crippen LogP contribution in [0.5, 0.6) is 0 Å². The van der Waals surface area contributed by atoms with Gasteiger partial charge in [-0.1, -0.05) is 16.8 Å². The van der Waals surface area contributed by atoms with Crippen molar-refractivity contribution in [1.29, 1.82) is 0 Å². The van der Waals surface area contributed by atoms with Gasteiger partial charge >= 0.3 is 0 Å². The fraction of sp³-hybridized carbons (Fsp3) is 0. The smallest absolute Gasteiger partial charge is 0.212 e. The highest BCUT2D eigenvalue weighted by Crippen LogP contribution is 1.97. The van der Waals surface area contributed by atoms with E-state index < -0.39 is 5.82 Å². The quantitative estimate of drug-likeness (QED) is 0.393. The Morgan fingerprint density at radius 3 is 2.55 bits per heavy atom. The molecule has 1 aromatic rings. The maximum atomic E-state index is 12.2. The molecular formula is C5H3ClFN3O. The van der Waals surface area contributed by atoms with Crippen LogP contribution in [0, 0.1) is 5.82 Å². The second-order valence-corrected chi connectivity index (χ2v) is 1.97. The fourth-order valence-corrected chi connectivity index (χ4v) is 0.561. The highest BCUT2D eigenvalue weighted by atomic mass is 35.5. The van der Waals surface area contributed by atoms with Crippen molar-refractivity contribution in [1.82, 2.24) is 9.97 Å². The van der Waals surface area contributed by atoms with Crippen LogP contribution in [-0.4, -0.2) is 20.3 Å². The van der Waals surface area contributed by atoms with E-state index in [-0.39, 0.29) is 11.0 Å². The number of halogens is 2. The van der Waals surface area contributed by atoms with Crippen LogP contribution in [0.2, 0.25) is 0 Å². The van der Waals surface area contributed by atoms with E-state index in [2.05, 4.69) is 15.1 Å². The van der Waals surface area contributed by atoms with E-state index in [1.54, 1.807) is 0 Å². The molecule has 0 unspecified atom stereocenters. The van der Waals surface area contributed by atoms with Crippen LogP contribution >= 0.6 is 11.6 Å². The van der Waals surface area contributed by atoms with E-state index >= 15 is 0 Å². The Hall–Kier alpha value is -1.23. The second-order valence-electron chi connectivity index (χ2n) is 1.62. The average Bonchev–Trinajstić information content (AvgIpc) is 2.05. The molecule has 0 fully saturated rings. The zero-order valence-electron chi connectivity index (χ0n) is 5.20. The number of oxime groups is 1. The molecule has 6 heteroatoms. The largest absolute Gasteiger partial charge is 0.410 e. The maximum Gasteiger partial charge on any atom is 0.212 e. The zero-order valence-corrected chi connectivity index (χ0v) is 5.96. The van der Waals surface area contributed by atoms with Gasteiger partial charge in [-0.3, -0.25) is 0 Å². The van der Waals surface area contributed by atoms with Gasteiger partial charge in [0, 0.05) is 0 Å².